The van der Waals surface area contributed by atoms with Crippen molar-refractivity contribution in [3.05, 3.63) is 57.9 Å². The molecule has 1 amide bonds. The number of aromatic nitrogens is 1. The minimum atomic E-state index is -0.326. The summed E-state index contributed by atoms with van der Waals surface area (Å²) in [7, 11) is 0. The lowest BCUT2D eigenvalue weighted by atomic mass is 10.1. The molecule has 1 aromatic carbocycles. The maximum atomic E-state index is 13.1. The highest BCUT2D eigenvalue weighted by molar-refractivity contribution is 9.10. The number of rotatable bonds is 2. The van der Waals surface area contributed by atoms with Gasteiger partial charge in [0, 0.05) is 16.2 Å². The summed E-state index contributed by atoms with van der Waals surface area (Å²) < 4.78 is 13.9. The molecule has 3 nitrogen and oxygen atoms in total. The number of carbonyl (C=O) groups is 1. The van der Waals surface area contributed by atoms with Crippen LogP contribution in [-0.2, 0) is 0 Å². The van der Waals surface area contributed by atoms with Crippen molar-refractivity contribution in [2.75, 3.05) is 5.32 Å². The molecular weight excluding hydrogens is 299 g/mol. The second-order valence-electron chi connectivity index (χ2n) is 3.78. The summed E-state index contributed by atoms with van der Waals surface area (Å²) in [5.41, 5.74) is 0.838. The van der Waals surface area contributed by atoms with Gasteiger partial charge in [0.05, 0.1) is 0 Å². The first-order chi connectivity index (χ1) is 8.56. The van der Waals surface area contributed by atoms with Gasteiger partial charge in [-0.15, -0.1) is 0 Å². The topological polar surface area (TPSA) is 42.0 Å². The Balaban J connectivity index is 2.16. The Morgan fingerprint density at radius 2 is 2.11 bits per heavy atom. The Hall–Kier alpha value is -1.75. The molecule has 0 radical (unpaired) electrons. The zero-order valence-electron chi connectivity index (χ0n) is 9.58. The molecule has 0 atom stereocenters. The summed E-state index contributed by atoms with van der Waals surface area (Å²) in [5, 5.41) is 2.64. The molecule has 18 heavy (non-hydrogen) atoms. The van der Waals surface area contributed by atoms with Gasteiger partial charge in [-0.1, -0.05) is 0 Å². The lowest BCUT2D eigenvalue weighted by molar-refractivity contribution is 0.102. The molecule has 0 saturated carbocycles. The third kappa shape index (κ3) is 2.92. The molecule has 0 aliphatic rings. The van der Waals surface area contributed by atoms with Crippen LogP contribution in [0.5, 0.6) is 0 Å². The first-order valence-corrected chi connectivity index (χ1v) is 6.04. The lowest BCUT2D eigenvalue weighted by Gasteiger charge is -2.05. The van der Waals surface area contributed by atoms with Crippen LogP contribution in [0.15, 0.2) is 41.0 Å². The van der Waals surface area contributed by atoms with E-state index in [0.29, 0.717) is 16.9 Å². The van der Waals surface area contributed by atoms with E-state index < -0.39 is 0 Å². The summed E-state index contributed by atoms with van der Waals surface area (Å²) in [6.07, 6.45) is 1.59. The van der Waals surface area contributed by atoms with Gasteiger partial charge in [-0.3, -0.25) is 4.79 Å². The standard InChI is InChI=1S/C13H10BrFN2O/c1-8-6-9(2-4-11(8)15)13(18)17-12-5-3-10(14)7-16-12/h2-7H,1H3,(H,16,17,18). The summed E-state index contributed by atoms with van der Waals surface area (Å²) in [5.74, 6) is -0.189. The van der Waals surface area contributed by atoms with Crippen LogP contribution in [0.1, 0.15) is 15.9 Å². The predicted molar refractivity (Wildman–Crippen MR) is 71.0 cm³/mol. The van der Waals surface area contributed by atoms with E-state index in [1.54, 1.807) is 25.3 Å². The van der Waals surface area contributed by atoms with E-state index in [1.807, 2.05) is 0 Å². The molecule has 0 aliphatic carbocycles. The van der Waals surface area contributed by atoms with Gasteiger partial charge in [0.1, 0.15) is 11.6 Å². The molecule has 1 heterocycles. The van der Waals surface area contributed by atoms with Crippen LogP contribution >= 0.6 is 15.9 Å². The zero-order valence-corrected chi connectivity index (χ0v) is 11.2. The van der Waals surface area contributed by atoms with E-state index in [4.69, 9.17) is 0 Å². The SMILES string of the molecule is Cc1cc(C(=O)Nc2ccc(Br)cn2)ccc1F. The van der Waals surface area contributed by atoms with E-state index in [0.717, 1.165) is 4.47 Å². The molecule has 2 rings (SSSR count). The zero-order chi connectivity index (χ0) is 13.1. The van der Waals surface area contributed by atoms with Crippen molar-refractivity contribution >= 4 is 27.7 Å². The van der Waals surface area contributed by atoms with E-state index in [9.17, 15) is 9.18 Å². The van der Waals surface area contributed by atoms with Gasteiger partial charge in [0.15, 0.2) is 0 Å². The molecule has 0 unspecified atom stereocenters. The van der Waals surface area contributed by atoms with Gasteiger partial charge in [-0.25, -0.2) is 9.37 Å². The van der Waals surface area contributed by atoms with Crippen molar-refractivity contribution < 1.29 is 9.18 Å². The number of carbonyl (C=O) groups excluding carboxylic acids is 1. The quantitative estimate of drug-likeness (QED) is 0.922. The molecule has 0 bridgehead atoms. The van der Waals surface area contributed by atoms with Gasteiger partial charge >= 0.3 is 0 Å². The maximum absolute atomic E-state index is 13.1. The Morgan fingerprint density at radius 3 is 2.72 bits per heavy atom. The summed E-state index contributed by atoms with van der Waals surface area (Å²) in [6.45, 7) is 1.62. The van der Waals surface area contributed by atoms with Gasteiger partial charge in [0.25, 0.3) is 5.91 Å². The minimum absolute atomic E-state index is 0.312. The average molecular weight is 309 g/mol. The van der Waals surface area contributed by atoms with Crippen LogP contribution in [0.25, 0.3) is 0 Å². The highest BCUT2D eigenvalue weighted by Gasteiger charge is 2.08. The molecule has 0 saturated heterocycles. The number of anilines is 1. The van der Waals surface area contributed by atoms with Crippen LogP contribution in [0, 0.1) is 12.7 Å². The molecule has 2 aromatic rings. The minimum Gasteiger partial charge on any atom is -0.307 e. The van der Waals surface area contributed by atoms with Gasteiger partial charge in [0.2, 0.25) is 0 Å². The Morgan fingerprint density at radius 1 is 1.33 bits per heavy atom. The summed E-state index contributed by atoms with van der Waals surface area (Å²) in [6, 6.07) is 7.68. The first kappa shape index (κ1) is 12.7. The predicted octanol–water partition coefficient (Wildman–Crippen LogP) is 3.54. The summed E-state index contributed by atoms with van der Waals surface area (Å²) >= 11 is 3.26. The van der Waals surface area contributed by atoms with E-state index in [2.05, 4.69) is 26.2 Å². The van der Waals surface area contributed by atoms with E-state index in [1.165, 1.54) is 18.2 Å². The van der Waals surface area contributed by atoms with Crippen molar-refractivity contribution in [2.24, 2.45) is 0 Å². The summed E-state index contributed by atoms with van der Waals surface area (Å²) in [4.78, 5) is 15.9. The fourth-order valence-corrected chi connectivity index (χ4v) is 1.66. The third-order valence-corrected chi connectivity index (χ3v) is 2.86. The fourth-order valence-electron chi connectivity index (χ4n) is 1.42. The number of nitrogens with zero attached hydrogens (tertiary/aromatic N) is 1. The second kappa shape index (κ2) is 5.27. The highest BCUT2D eigenvalue weighted by atomic mass is 79.9. The highest BCUT2D eigenvalue weighted by Crippen LogP contribution is 2.13. The van der Waals surface area contributed by atoms with Crippen LogP contribution in [-0.4, -0.2) is 10.9 Å². The first-order valence-electron chi connectivity index (χ1n) is 5.25. The van der Waals surface area contributed by atoms with Crippen molar-refractivity contribution in [2.45, 2.75) is 6.92 Å². The number of hydrogen-bond donors (Lipinski definition) is 1. The number of benzene rings is 1. The monoisotopic (exact) mass is 308 g/mol. The second-order valence-corrected chi connectivity index (χ2v) is 4.70. The van der Waals surface area contributed by atoms with Crippen LogP contribution in [0.4, 0.5) is 10.2 Å². The Labute approximate surface area is 112 Å². The number of amides is 1. The molecule has 0 spiro atoms. The van der Waals surface area contributed by atoms with Crippen LogP contribution < -0.4 is 5.32 Å². The molecule has 5 heteroatoms. The Bertz CT molecular complexity index is 584. The van der Waals surface area contributed by atoms with Crippen molar-refractivity contribution in [3.8, 4) is 0 Å². The lowest BCUT2D eigenvalue weighted by Crippen LogP contribution is -2.13. The Kier molecular flexibility index (Phi) is 3.72. The largest absolute Gasteiger partial charge is 0.307 e. The molecule has 0 fully saturated rings. The maximum Gasteiger partial charge on any atom is 0.256 e. The van der Waals surface area contributed by atoms with Gasteiger partial charge in [-0.05, 0) is 58.7 Å². The van der Waals surface area contributed by atoms with Crippen molar-refractivity contribution in [3.63, 3.8) is 0 Å². The molecule has 92 valence electrons. The number of halogens is 2. The van der Waals surface area contributed by atoms with Gasteiger partial charge < -0.3 is 5.32 Å². The number of hydrogen-bond acceptors (Lipinski definition) is 2. The molecular formula is C13H10BrFN2O. The number of pyridine rings is 1. The fraction of sp³-hybridized carbons (Fsp3) is 0.0769. The van der Waals surface area contributed by atoms with Crippen molar-refractivity contribution in [1.82, 2.24) is 4.98 Å². The van der Waals surface area contributed by atoms with Gasteiger partial charge in [-0.2, -0.15) is 0 Å². The normalized spacial score (nSPS) is 10.2. The molecule has 1 N–H and O–H groups in total. The number of nitrogens with one attached hydrogen (secondary N) is 1. The molecule has 1 aromatic heterocycles. The molecule has 0 aliphatic heterocycles. The average Bonchev–Trinajstić information content (AvgIpc) is 2.35. The van der Waals surface area contributed by atoms with E-state index in [-0.39, 0.29) is 11.7 Å². The number of aryl methyl sites for hydroxylation is 1. The van der Waals surface area contributed by atoms with E-state index >= 15 is 0 Å². The smallest absolute Gasteiger partial charge is 0.256 e. The third-order valence-electron chi connectivity index (χ3n) is 2.39. The van der Waals surface area contributed by atoms with Crippen LogP contribution in [0.3, 0.4) is 0 Å². The van der Waals surface area contributed by atoms with Crippen LogP contribution in [0.2, 0.25) is 0 Å². The van der Waals surface area contributed by atoms with Crippen molar-refractivity contribution in [1.29, 1.82) is 0 Å².